The molecule has 1 fully saturated rings. The second kappa shape index (κ2) is 16.4. The van der Waals surface area contributed by atoms with Crippen LogP contribution in [0.2, 0.25) is 0 Å². The summed E-state index contributed by atoms with van der Waals surface area (Å²) in [4.78, 5) is 56.9. The summed E-state index contributed by atoms with van der Waals surface area (Å²) >= 11 is 1.58. The fraction of sp³-hybridized carbons (Fsp3) is 0.348. The number of nitrogens with two attached hydrogens (primary N) is 1. The fourth-order valence-electron chi connectivity index (χ4n) is 4.32. The number of carbonyl (C=O) groups is 1. The van der Waals surface area contributed by atoms with E-state index in [2.05, 4.69) is 35.7 Å². The number of carbonyl (C=O) groups excluding carboxylic acids is 1. The highest BCUT2D eigenvalue weighted by molar-refractivity contribution is 14.1. The summed E-state index contributed by atoms with van der Waals surface area (Å²) in [6.45, 7) is -0.677. The fourth-order valence-corrected chi connectivity index (χ4v) is 9.17. The third-order valence-electron chi connectivity index (χ3n) is 6.04. The topological polar surface area (TPSA) is 264 Å². The molecule has 6 atom stereocenters. The number of phosphoric ester groups is 1. The average molecular weight is 865 g/mol. The highest BCUT2D eigenvalue weighted by Gasteiger charge is 2.44. The monoisotopic (exact) mass is 865 g/mol. The van der Waals surface area contributed by atoms with E-state index in [1.807, 2.05) is 36.6 Å². The molecule has 0 saturated carbocycles. The van der Waals surface area contributed by atoms with E-state index in [1.165, 1.54) is 27.9 Å². The highest BCUT2D eigenvalue weighted by Crippen LogP contribution is 2.66. The summed E-state index contributed by atoms with van der Waals surface area (Å²) in [5, 5.41) is 2.97. The molecule has 1 amide bonds. The smallest absolute Gasteiger partial charge is 0.383 e. The van der Waals surface area contributed by atoms with Crippen molar-refractivity contribution in [1.82, 2.24) is 19.9 Å². The van der Waals surface area contributed by atoms with Gasteiger partial charge in [0, 0.05) is 35.2 Å². The number of ether oxygens (including phenoxy) is 2. The van der Waals surface area contributed by atoms with E-state index in [1.54, 1.807) is 33.4 Å². The summed E-state index contributed by atoms with van der Waals surface area (Å²) < 4.78 is 61.9. The van der Waals surface area contributed by atoms with Crippen LogP contribution in [0.5, 0.6) is 0 Å². The van der Waals surface area contributed by atoms with Crippen LogP contribution in [0.25, 0.3) is 11.0 Å². The molecule has 1 aliphatic rings. The molecule has 0 bridgehead atoms. The molecule has 1 saturated heterocycles. The molecule has 7 N–H and O–H groups in total. The number of fused-ring (bicyclic) bond motifs is 1. The Morgan fingerprint density at radius 1 is 1.19 bits per heavy atom. The number of hydrogen-bond acceptors (Lipinski definition) is 14. The van der Waals surface area contributed by atoms with Crippen LogP contribution in [0, 0.1) is 11.8 Å². The maximum atomic E-state index is 12.5. The van der Waals surface area contributed by atoms with Crippen LogP contribution >= 0.6 is 67.6 Å². The molecule has 0 radical (unpaired) electrons. The Hall–Kier alpha value is -1.57. The molecule has 3 heterocycles. The van der Waals surface area contributed by atoms with Gasteiger partial charge in [-0.1, -0.05) is 63.8 Å². The van der Waals surface area contributed by atoms with E-state index in [0.29, 0.717) is 16.6 Å². The number of halogens is 1. The van der Waals surface area contributed by atoms with Gasteiger partial charge in [-0.3, -0.25) is 9.32 Å². The van der Waals surface area contributed by atoms with Crippen LogP contribution in [0.3, 0.4) is 0 Å². The minimum absolute atomic E-state index is 0.0640. The molecule has 1 aliphatic heterocycles. The quantitative estimate of drug-likeness (QED) is 0.0252. The Morgan fingerprint density at radius 3 is 2.57 bits per heavy atom. The molecule has 4 rings (SSSR count). The van der Waals surface area contributed by atoms with Gasteiger partial charge in [-0.05, 0) is 11.8 Å². The molecule has 3 aromatic rings. The van der Waals surface area contributed by atoms with Crippen LogP contribution < -0.4 is 11.1 Å². The first-order chi connectivity index (χ1) is 22.1. The standard InChI is InChI=1S/C23H27IN5O13P3S2/c1-46-47-22(14-6-3-2-4-7-14)40-16-10-18(39-17(16)12-38-44(34,35)42-45(36,37)41-43(31,32)33)29-11-15(8-5-9-26-23(24)30)19-20(25)27-13-28-21(19)29/h2-4,6-7,11,13,16-18,22H,9-10,12H2,1H3,(H,26,30)(H,34,35)(H,36,37)(H2,25,27,28)(H2,31,32,33). The Balaban J connectivity index is 1.64. The molecule has 1 aromatic carbocycles. The number of nitrogens with one attached hydrogen (secondary N) is 1. The summed E-state index contributed by atoms with van der Waals surface area (Å²) in [6, 6.07) is 9.21. The number of aromatic nitrogens is 3. The van der Waals surface area contributed by atoms with Crippen LogP contribution in [0.15, 0.2) is 42.9 Å². The van der Waals surface area contributed by atoms with E-state index < -0.39 is 53.9 Å². The Bertz CT molecular complexity index is 1790. The SMILES string of the molecule is CSSC(OC1CC(n2cc(C#CCNC(=O)I)c3c(N)ncnc32)OC1COP(=O)(O)OP(=O)(O)OP(=O)(O)O)c1ccccc1. The Labute approximate surface area is 288 Å². The lowest BCUT2D eigenvalue weighted by Crippen LogP contribution is -2.29. The molecule has 47 heavy (non-hydrogen) atoms. The maximum absolute atomic E-state index is 12.5. The van der Waals surface area contributed by atoms with Gasteiger partial charge in [-0.25, -0.2) is 23.7 Å². The lowest BCUT2D eigenvalue weighted by Gasteiger charge is -2.25. The number of anilines is 1. The van der Waals surface area contributed by atoms with Gasteiger partial charge < -0.3 is 44.7 Å². The maximum Gasteiger partial charge on any atom is 0.490 e. The number of phosphoric acid groups is 3. The number of nitrogens with zero attached hydrogens (tertiary/aromatic N) is 3. The zero-order chi connectivity index (χ0) is 34.4. The van der Waals surface area contributed by atoms with Crippen molar-refractivity contribution in [3.05, 3.63) is 54.0 Å². The summed E-state index contributed by atoms with van der Waals surface area (Å²) in [7, 11) is -14.0. The van der Waals surface area contributed by atoms with E-state index in [0.717, 1.165) is 5.56 Å². The molecule has 18 nitrogen and oxygen atoms in total. The van der Waals surface area contributed by atoms with Crippen molar-refractivity contribution in [2.75, 3.05) is 25.1 Å². The van der Waals surface area contributed by atoms with Crippen molar-refractivity contribution < 1.29 is 60.7 Å². The Kier molecular flexibility index (Phi) is 13.4. The van der Waals surface area contributed by atoms with Gasteiger partial charge in [0.2, 0.25) is 0 Å². The minimum atomic E-state index is -5.74. The van der Waals surface area contributed by atoms with Crippen molar-refractivity contribution in [3.63, 3.8) is 0 Å². The van der Waals surface area contributed by atoms with Crippen LogP contribution in [-0.4, -0.2) is 69.6 Å². The number of rotatable bonds is 14. The molecular weight excluding hydrogens is 838 g/mol. The van der Waals surface area contributed by atoms with Gasteiger partial charge in [-0.15, -0.1) is 0 Å². The van der Waals surface area contributed by atoms with E-state index in [9.17, 15) is 28.3 Å². The first-order valence-corrected chi connectivity index (χ1v) is 21.2. The van der Waals surface area contributed by atoms with Gasteiger partial charge in [0.15, 0.2) is 0 Å². The zero-order valence-electron chi connectivity index (χ0n) is 23.9. The summed E-state index contributed by atoms with van der Waals surface area (Å²) in [5.74, 6) is 5.89. The van der Waals surface area contributed by atoms with Crippen LogP contribution in [0.4, 0.5) is 10.6 Å². The molecule has 24 heteroatoms. The zero-order valence-corrected chi connectivity index (χ0v) is 30.4. The van der Waals surface area contributed by atoms with Crippen molar-refractivity contribution in [3.8, 4) is 11.8 Å². The van der Waals surface area contributed by atoms with Crippen LogP contribution in [-0.2, 0) is 36.3 Å². The molecular formula is C23H27IN5O13P3S2. The number of amides is 1. The third kappa shape index (κ3) is 11.2. The van der Waals surface area contributed by atoms with Gasteiger partial charge in [0.05, 0.1) is 30.2 Å². The molecule has 6 unspecified atom stereocenters. The first-order valence-electron chi connectivity index (χ1n) is 12.9. The summed E-state index contributed by atoms with van der Waals surface area (Å²) in [5.41, 5.74) is 7.20. The predicted octanol–water partition coefficient (Wildman–Crippen LogP) is 4.24. The molecule has 256 valence electrons. The van der Waals surface area contributed by atoms with Gasteiger partial charge in [0.1, 0.15) is 35.6 Å². The van der Waals surface area contributed by atoms with Gasteiger partial charge in [0.25, 0.3) is 3.91 Å². The normalized spacial score (nSPS) is 21.4. The van der Waals surface area contributed by atoms with Crippen molar-refractivity contribution in [1.29, 1.82) is 0 Å². The minimum Gasteiger partial charge on any atom is -0.383 e. The lowest BCUT2D eigenvalue weighted by atomic mass is 10.1. The number of nitrogen functional groups attached to an aromatic ring is 1. The highest BCUT2D eigenvalue weighted by atomic mass is 127. The van der Waals surface area contributed by atoms with Gasteiger partial charge in [-0.2, -0.15) is 8.62 Å². The van der Waals surface area contributed by atoms with Crippen molar-refractivity contribution in [2.45, 2.75) is 30.3 Å². The second-order valence-electron chi connectivity index (χ2n) is 9.27. The first kappa shape index (κ1) is 38.2. The molecule has 0 aliphatic carbocycles. The molecule has 2 aromatic heterocycles. The van der Waals surface area contributed by atoms with Crippen LogP contribution in [0.1, 0.15) is 29.2 Å². The average Bonchev–Trinajstić information content (AvgIpc) is 3.54. The second-order valence-corrected chi connectivity index (χ2v) is 17.2. The van der Waals surface area contributed by atoms with E-state index >= 15 is 0 Å². The van der Waals surface area contributed by atoms with Gasteiger partial charge >= 0.3 is 23.5 Å². The third-order valence-corrected chi connectivity index (χ3v) is 12.1. The van der Waals surface area contributed by atoms with Crippen molar-refractivity contribution >= 4 is 88.4 Å². The number of hydrogen-bond donors (Lipinski definition) is 6. The summed E-state index contributed by atoms with van der Waals surface area (Å²) in [6.07, 6.45) is 2.07. The largest absolute Gasteiger partial charge is 0.490 e. The predicted molar refractivity (Wildman–Crippen MR) is 180 cm³/mol. The Morgan fingerprint density at radius 2 is 1.91 bits per heavy atom. The molecule has 0 spiro atoms. The lowest BCUT2D eigenvalue weighted by molar-refractivity contribution is -0.0643. The van der Waals surface area contributed by atoms with E-state index in [4.69, 9.17) is 29.5 Å². The van der Waals surface area contributed by atoms with E-state index in [-0.39, 0.29) is 22.7 Å². The van der Waals surface area contributed by atoms with Crippen molar-refractivity contribution in [2.24, 2.45) is 0 Å². The number of benzene rings is 1.